The van der Waals surface area contributed by atoms with Gasteiger partial charge in [0.25, 0.3) is 0 Å². The van der Waals surface area contributed by atoms with Gasteiger partial charge in [-0.05, 0) is 37.0 Å². The highest BCUT2D eigenvalue weighted by atomic mass is 32.2. The molecule has 2 heteroatoms. The first-order chi connectivity index (χ1) is 6.40. The molecular formula is C11H15NS. The summed E-state index contributed by atoms with van der Waals surface area (Å²) < 4.78 is 0. The van der Waals surface area contributed by atoms with Crippen LogP contribution in [0.25, 0.3) is 0 Å². The molecule has 1 aliphatic heterocycles. The first kappa shape index (κ1) is 9.15. The molecule has 0 aromatic rings. The van der Waals surface area contributed by atoms with Crippen molar-refractivity contribution in [3.63, 3.8) is 0 Å². The maximum atomic E-state index is 8.86. The summed E-state index contributed by atoms with van der Waals surface area (Å²) in [5, 5.41) is 9.10. The topological polar surface area (TPSA) is 23.8 Å². The standard InChI is InChI=1S/C11H15NS/c12-8-10-7-9-5-3-1-2-4-6-11(9)13-10/h10H,1-7H2. The highest BCUT2D eigenvalue weighted by molar-refractivity contribution is 8.04. The van der Waals surface area contributed by atoms with Crippen LogP contribution in [0, 0.1) is 11.3 Å². The maximum absolute atomic E-state index is 8.86. The Balaban J connectivity index is 2.05. The van der Waals surface area contributed by atoms with Gasteiger partial charge in [-0.1, -0.05) is 18.4 Å². The first-order valence-electron chi connectivity index (χ1n) is 5.17. The molecule has 13 heavy (non-hydrogen) atoms. The number of rotatable bonds is 0. The summed E-state index contributed by atoms with van der Waals surface area (Å²) in [6, 6.07) is 2.38. The Morgan fingerprint density at radius 2 is 1.92 bits per heavy atom. The van der Waals surface area contributed by atoms with E-state index >= 15 is 0 Å². The summed E-state index contributed by atoms with van der Waals surface area (Å²) in [7, 11) is 0. The van der Waals surface area contributed by atoms with Crippen LogP contribution < -0.4 is 0 Å². The molecule has 1 nitrogen and oxygen atoms in total. The highest BCUT2D eigenvalue weighted by Gasteiger charge is 2.24. The lowest BCUT2D eigenvalue weighted by Gasteiger charge is -2.10. The van der Waals surface area contributed by atoms with E-state index in [4.69, 9.17) is 5.26 Å². The van der Waals surface area contributed by atoms with E-state index in [2.05, 4.69) is 6.07 Å². The van der Waals surface area contributed by atoms with Gasteiger partial charge in [0.2, 0.25) is 0 Å². The van der Waals surface area contributed by atoms with Gasteiger partial charge in [-0.15, -0.1) is 11.8 Å². The largest absolute Gasteiger partial charge is 0.197 e. The van der Waals surface area contributed by atoms with Crippen molar-refractivity contribution in [1.82, 2.24) is 0 Å². The van der Waals surface area contributed by atoms with Gasteiger partial charge in [0, 0.05) is 0 Å². The second-order valence-corrected chi connectivity index (χ2v) is 5.18. The fourth-order valence-electron chi connectivity index (χ4n) is 2.16. The quantitative estimate of drug-likeness (QED) is 0.586. The van der Waals surface area contributed by atoms with E-state index in [-0.39, 0.29) is 5.25 Å². The number of hydrogen-bond acceptors (Lipinski definition) is 2. The summed E-state index contributed by atoms with van der Waals surface area (Å²) in [6.07, 6.45) is 9.02. The van der Waals surface area contributed by atoms with Crippen LogP contribution in [0.3, 0.4) is 0 Å². The molecule has 1 heterocycles. The third-order valence-electron chi connectivity index (χ3n) is 2.89. The zero-order valence-electron chi connectivity index (χ0n) is 7.88. The number of hydrogen-bond donors (Lipinski definition) is 0. The molecule has 1 aliphatic carbocycles. The molecule has 2 aliphatic rings. The van der Waals surface area contributed by atoms with Crippen LogP contribution in [0.2, 0.25) is 0 Å². The zero-order chi connectivity index (χ0) is 9.10. The van der Waals surface area contributed by atoms with Gasteiger partial charge in [0.05, 0.1) is 11.3 Å². The third-order valence-corrected chi connectivity index (χ3v) is 4.22. The Morgan fingerprint density at radius 1 is 1.15 bits per heavy atom. The van der Waals surface area contributed by atoms with Crippen LogP contribution in [0.5, 0.6) is 0 Å². The van der Waals surface area contributed by atoms with Crippen LogP contribution in [-0.4, -0.2) is 5.25 Å². The maximum Gasteiger partial charge on any atom is 0.0997 e. The molecule has 0 amide bonds. The Labute approximate surface area is 84.2 Å². The highest BCUT2D eigenvalue weighted by Crippen LogP contribution is 2.43. The Kier molecular flexibility index (Phi) is 2.95. The van der Waals surface area contributed by atoms with Crippen molar-refractivity contribution in [2.75, 3.05) is 0 Å². The smallest absolute Gasteiger partial charge is 0.0997 e. The van der Waals surface area contributed by atoms with Gasteiger partial charge in [-0.25, -0.2) is 0 Å². The van der Waals surface area contributed by atoms with Crippen molar-refractivity contribution < 1.29 is 0 Å². The van der Waals surface area contributed by atoms with Gasteiger partial charge in [-0.2, -0.15) is 5.26 Å². The fourth-order valence-corrected chi connectivity index (χ4v) is 3.46. The molecule has 0 bridgehead atoms. The number of allylic oxidation sites excluding steroid dienone is 2. The van der Waals surface area contributed by atoms with E-state index in [0.717, 1.165) is 6.42 Å². The van der Waals surface area contributed by atoms with E-state index in [1.807, 2.05) is 11.8 Å². The number of thioether (sulfide) groups is 1. The van der Waals surface area contributed by atoms with Crippen molar-refractivity contribution in [3.8, 4) is 6.07 Å². The van der Waals surface area contributed by atoms with Gasteiger partial charge in [-0.3, -0.25) is 0 Å². The molecule has 0 aromatic carbocycles. The molecule has 0 fully saturated rings. The Bertz CT molecular complexity index is 242. The molecule has 70 valence electrons. The van der Waals surface area contributed by atoms with E-state index in [1.165, 1.54) is 38.5 Å². The van der Waals surface area contributed by atoms with Crippen molar-refractivity contribution in [2.45, 2.75) is 50.2 Å². The predicted molar refractivity (Wildman–Crippen MR) is 56.3 cm³/mol. The average molecular weight is 193 g/mol. The molecule has 0 radical (unpaired) electrons. The van der Waals surface area contributed by atoms with Crippen molar-refractivity contribution in [3.05, 3.63) is 10.5 Å². The molecule has 2 rings (SSSR count). The Morgan fingerprint density at radius 3 is 2.69 bits per heavy atom. The molecular weight excluding hydrogens is 178 g/mol. The van der Waals surface area contributed by atoms with E-state index < -0.39 is 0 Å². The lowest BCUT2D eigenvalue weighted by atomic mass is 9.97. The summed E-state index contributed by atoms with van der Waals surface area (Å²) in [4.78, 5) is 1.56. The van der Waals surface area contributed by atoms with Gasteiger partial charge < -0.3 is 0 Å². The van der Waals surface area contributed by atoms with Crippen molar-refractivity contribution in [2.24, 2.45) is 0 Å². The molecule has 0 spiro atoms. The molecule has 0 saturated carbocycles. The zero-order valence-corrected chi connectivity index (χ0v) is 8.70. The second kappa shape index (κ2) is 4.19. The number of nitrogens with zero attached hydrogens (tertiary/aromatic N) is 1. The van der Waals surface area contributed by atoms with Gasteiger partial charge in [0.1, 0.15) is 0 Å². The SMILES string of the molecule is N#CC1CC2=C(CCCCCC2)S1. The molecule has 0 aromatic heterocycles. The summed E-state index contributed by atoms with van der Waals surface area (Å²) in [5.74, 6) is 0. The Hall–Kier alpha value is -0.420. The van der Waals surface area contributed by atoms with E-state index in [1.54, 1.807) is 10.5 Å². The van der Waals surface area contributed by atoms with Crippen LogP contribution in [0.15, 0.2) is 10.5 Å². The minimum Gasteiger partial charge on any atom is -0.197 e. The lowest BCUT2D eigenvalue weighted by Crippen LogP contribution is -1.93. The lowest BCUT2D eigenvalue weighted by molar-refractivity contribution is 0.616. The van der Waals surface area contributed by atoms with Crippen LogP contribution in [0.1, 0.15) is 44.9 Å². The minimum absolute atomic E-state index is 0.239. The predicted octanol–water partition coefficient (Wildman–Crippen LogP) is 3.62. The van der Waals surface area contributed by atoms with Crippen LogP contribution in [-0.2, 0) is 0 Å². The monoisotopic (exact) mass is 193 g/mol. The summed E-state index contributed by atoms with van der Waals surface area (Å²) >= 11 is 1.84. The molecule has 1 atom stereocenters. The molecule has 0 saturated heterocycles. The van der Waals surface area contributed by atoms with Gasteiger partial charge in [0.15, 0.2) is 0 Å². The fraction of sp³-hybridized carbons (Fsp3) is 0.727. The van der Waals surface area contributed by atoms with Gasteiger partial charge >= 0.3 is 0 Å². The van der Waals surface area contributed by atoms with E-state index in [0.29, 0.717) is 0 Å². The minimum atomic E-state index is 0.239. The summed E-state index contributed by atoms with van der Waals surface area (Å²) in [5.41, 5.74) is 1.61. The first-order valence-corrected chi connectivity index (χ1v) is 6.05. The van der Waals surface area contributed by atoms with Crippen LogP contribution in [0.4, 0.5) is 0 Å². The summed E-state index contributed by atoms with van der Waals surface area (Å²) in [6.45, 7) is 0. The van der Waals surface area contributed by atoms with E-state index in [9.17, 15) is 0 Å². The van der Waals surface area contributed by atoms with Crippen LogP contribution >= 0.6 is 11.8 Å². The third kappa shape index (κ3) is 2.08. The number of nitriles is 1. The average Bonchev–Trinajstić information content (AvgIpc) is 2.47. The second-order valence-electron chi connectivity index (χ2n) is 3.88. The van der Waals surface area contributed by atoms with Crippen molar-refractivity contribution in [1.29, 1.82) is 5.26 Å². The van der Waals surface area contributed by atoms with Crippen molar-refractivity contribution >= 4 is 11.8 Å². The normalized spacial score (nSPS) is 29.0. The molecule has 1 unspecified atom stereocenters. The molecule has 0 N–H and O–H groups in total.